The van der Waals surface area contributed by atoms with E-state index in [-0.39, 0.29) is 0 Å². The minimum Gasteiger partial charge on any atom is -0.315 e. The Morgan fingerprint density at radius 1 is 0.950 bits per heavy atom. The fourth-order valence-electron chi connectivity index (χ4n) is 4.37. The molecule has 2 aromatic carbocycles. The third-order valence-corrected chi connectivity index (χ3v) is 5.60. The van der Waals surface area contributed by atoms with E-state index >= 15 is 0 Å². The second-order valence-electron chi connectivity index (χ2n) is 6.76. The van der Waals surface area contributed by atoms with E-state index in [2.05, 4.69) is 47.8 Å². The molecule has 0 unspecified atom stereocenters. The van der Waals surface area contributed by atoms with Gasteiger partial charge in [0, 0.05) is 18.5 Å². The first-order valence-electron chi connectivity index (χ1n) is 8.05. The topological polar surface area (TPSA) is 12.0 Å². The van der Waals surface area contributed by atoms with Crippen LogP contribution < -0.4 is 5.32 Å². The predicted octanol–water partition coefficient (Wildman–Crippen LogP) is 4.16. The summed E-state index contributed by atoms with van der Waals surface area (Å²) >= 11 is 0. The second-order valence-corrected chi connectivity index (χ2v) is 6.76. The molecule has 0 spiro atoms. The third-order valence-electron chi connectivity index (χ3n) is 5.60. The molecule has 1 heterocycles. The first-order valence-corrected chi connectivity index (χ1v) is 8.05. The quantitative estimate of drug-likeness (QED) is 0.878. The summed E-state index contributed by atoms with van der Waals surface area (Å²) < 4.78 is 0. The zero-order chi connectivity index (χ0) is 13.4. The Kier molecular flexibility index (Phi) is 3.03. The minimum absolute atomic E-state index is 0.542. The maximum Gasteiger partial charge on any atom is 0.00261 e. The van der Waals surface area contributed by atoms with Gasteiger partial charge in [-0.3, -0.25) is 0 Å². The fourth-order valence-corrected chi connectivity index (χ4v) is 4.37. The molecule has 104 valence electrons. The van der Waals surface area contributed by atoms with Gasteiger partial charge >= 0.3 is 0 Å². The smallest absolute Gasteiger partial charge is 0.00261 e. The molecule has 0 radical (unpaired) electrons. The summed E-state index contributed by atoms with van der Waals surface area (Å²) in [5, 5.41) is 6.39. The highest BCUT2D eigenvalue weighted by molar-refractivity contribution is 5.85. The van der Waals surface area contributed by atoms with E-state index in [0.717, 1.165) is 5.92 Å². The van der Waals surface area contributed by atoms with E-state index in [4.69, 9.17) is 0 Å². The molecule has 1 saturated heterocycles. The zero-order valence-electron chi connectivity index (χ0n) is 12.1. The van der Waals surface area contributed by atoms with Gasteiger partial charge in [0.1, 0.15) is 0 Å². The van der Waals surface area contributed by atoms with Crippen molar-refractivity contribution in [3.8, 4) is 0 Å². The molecule has 20 heavy (non-hydrogen) atoms. The Morgan fingerprint density at radius 2 is 1.70 bits per heavy atom. The monoisotopic (exact) mass is 265 g/mol. The summed E-state index contributed by atoms with van der Waals surface area (Å²) in [7, 11) is 0. The van der Waals surface area contributed by atoms with Crippen molar-refractivity contribution in [2.75, 3.05) is 13.1 Å². The van der Waals surface area contributed by atoms with Crippen LogP contribution in [0.1, 0.15) is 31.2 Å². The molecule has 1 N–H and O–H groups in total. The summed E-state index contributed by atoms with van der Waals surface area (Å²) in [5.74, 6) is 0.947. The van der Waals surface area contributed by atoms with Gasteiger partial charge in [-0.1, -0.05) is 55.3 Å². The van der Waals surface area contributed by atoms with Gasteiger partial charge in [0.05, 0.1) is 0 Å². The molecule has 1 heteroatoms. The van der Waals surface area contributed by atoms with Crippen LogP contribution in [0.15, 0.2) is 42.5 Å². The molecular formula is C19H23N. The lowest BCUT2D eigenvalue weighted by molar-refractivity contribution is 0.0816. The normalized spacial score (nSPS) is 22.0. The third kappa shape index (κ3) is 1.96. The van der Waals surface area contributed by atoms with Crippen molar-refractivity contribution in [2.24, 2.45) is 11.3 Å². The average Bonchev–Trinajstić information content (AvgIpc) is 2.97. The maximum atomic E-state index is 3.55. The van der Waals surface area contributed by atoms with Crippen LogP contribution in [-0.4, -0.2) is 13.1 Å². The lowest BCUT2D eigenvalue weighted by Gasteiger charge is -2.48. The summed E-state index contributed by atoms with van der Waals surface area (Å²) in [4.78, 5) is 0. The van der Waals surface area contributed by atoms with Crippen molar-refractivity contribution in [3.05, 3.63) is 48.0 Å². The standard InChI is InChI=1S/C19H23N/c1-4-11-18-15(6-1)7-5-8-16(18)12-19(13-20-14-19)17-9-2-3-10-17/h1,4-8,11,17,20H,2-3,9-10,12-14H2. The molecule has 1 nitrogen and oxygen atoms in total. The van der Waals surface area contributed by atoms with Crippen molar-refractivity contribution in [2.45, 2.75) is 32.1 Å². The number of hydrogen-bond acceptors (Lipinski definition) is 1. The highest BCUT2D eigenvalue weighted by Crippen LogP contribution is 2.45. The highest BCUT2D eigenvalue weighted by atomic mass is 15.0. The van der Waals surface area contributed by atoms with Gasteiger partial charge in [-0.2, -0.15) is 0 Å². The molecular weight excluding hydrogens is 242 g/mol. The fraction of sp³-hybridized carbons (Fsp3) is 0.474. The van der Waals surface area contributed by atoms with E-state index < -0.39 is 0 Å². The first-order chi connectivity index (χ1) is 9.87. The Labute approximate surface area is 121 Å². The van der Waals surface area contributed by atoms with Gasteiger partial charge in [-0.15, -0.1) is 0 Å². The lowest BCUT2D eigenvalue weighted by atomic mass is 9.66. The lowest BCUT2D eigenvalue weighted by Crippen LogP contribution is -2.58. The molecule has 1 aliphatic heterocycles. The van der Waals surface area contributed by atoms with Crippen LogP contribution in [0, 0.1) is 11.3 Å². The molecule has 1 aliphatic carbocycles. The molecule has 2 aliphatic rings. The van der Waals surface area contributed by atoms with Crippen molar-refractivity contribution >= 4 is 10.8 Å². The number of rotatable bonds is 3. The molecule has 2 aromatic rings. The molecule has 0 atom stereocenters. The average molecular weight is 265 g/mol. The van der Waals surface area contributed by atoms with Gasteiger partial charge in [-0.05, 0) is 41.5 Å². The van der Waals surface area contributed by atoms with E-state index in [9.17, 15) is 0 Å². The van der Waals surface area contributed by atoms with Crippen LogP contribution in [0.4, 0.5) is 0 Å². The van der Waals surface area contributed by atoms with Crippen LogP contribution >= 0.6 is 0 Å². The molecule has 0 amide bonds. The molecule has 1 saturated carbocycles. The number of fused-ring (bicyclic) bond motifs is 1. The summed E-state index contributed by atoms with van der Waals surface area (Å²) in [6.07, 6.45) is 7.05. The Morgan fingerprint density at radius 3 is 2.45 bits per heavy atom. The van der Waals surface area contributed by atoms with E-state index in [1.165, 1.54) is 56.0 Å². The molecule has 4 rings (SSSR count). The Bertz CT molecular complexity index is 601. The Hall–Kier alpha value is -1.34. The summed E-state index contributed by atoms with van der Waals surface area (Å²) in [6.45, 7) is 2.45. The van der Waals surface area contributed by atoms with Gasteiger partial charge in [0.2, 0.25) is 0 Å². The largest absolute Gasteiger partial charge is 0.315 e. The summed E-state index contributed by atoms with van der Waals surface area (Å²) in [6, 6.07) is 15.7. The molecule has 0 aromatic heterocycles. The SMILES string of the molecule is c1ccc2c(CC3(C4CCCC4)CNC3)cccc2c1. The maximum absolute atomic E-state index is 3.55. The van der Waals surface area contributed by atoms with Crippen LogP contribution in [0.25, 0.3) is 10.8 Å². The van der Waals surface area contributed by atoms with Crippen molar-refractivity contribution in [1.82, 2.24) is 5.32 Å². The molecule has 0 bridgehead atoms. The van der Waals surface area contributed by atoms with Crippen LogP contribution in [0.3, 0.4) is 0 Å². The zero-order valence-corrected chi connectivity index (χ0v) is 12.1. The van der Waals surface area contributed by atoms with Crippen LogP contribution in [0.5, 0.6) is 0 Å². The van der Waals surface area contributed by atoms with Gasteiger partial charge in [-0.25, -0.2) is 0 Å². The minimum atomic E-state index is 0.542. The number of nitrogens with one attached hydrogen (secondary N) is 1. The second kappa shape index (κ2) is 4.89. The number of benzene rings is 2. The van der Waals surface area contributed by atoms with Gasteiger partial charge in [0.15, 0.2) is 0 Å². The van der Waals surface area contributed by atoms with Crippen molar-refractivity contribution in [1.29, 1.82) is 0 Å². The summed E-state index contributed by atoms with van der Waals surface area (Å²) in [5.41, 5.74) is 2.09. The van der Waals surface area contributed by atoms with Crippen LogP contribution in [-0.2, 0) is 6.42 Å². The van der Waals surface area contributed by atoms with E-state index in [1.807, 2.05) is 0 Å². The Balaban J connectivity index is 1.69. The van der Waals surface area contributed by atoms with Crippen LogP contribution in [0.2, 0.25) is 0 Å². The number of hydrogen-bond donors (Lipinski definition) is 1. The van der Waals surface area contributed by atoms with Crippen molar-refractivity contribution in [3.63, 3.8) is 0 Å². The highest BCUT2D eigenvalue weighted by Gasteiger charge is 2.44. The van der Waals surface area contributed by atoms with Crippen molar-refractivity contribution < 1.29 is 0 Å². The van der Waals surface area contributed by atoms with Gasteiger partial charge < -0.3 is 5.32 Å². The van der Waals surface area contributed by atoms with E-state index in [1.54, 1.807) is 5.56 Å². The molecule has 2 fully saturated rings. The first kappa shape index (κ1) is 12.4. The predicted molar refractivity (Wildman–Crippen MR) is 84.9 cm³/mol. The van der Waals surface area contributed by atoms with Gasteiger partial charge in [0.25, 0.3) is 0 Å². The van der Waals surface area contributed by atoms with E-state index in [0.29, 0.717) is 5.41 Å².